The molecule has 1 aromatic carbocycles. The fourth-order valence-electron chi connectivity index (χ4n) is 1.84. The van der Waals surface area contributed by atoms with Gasteiger partial charge in [0, 0.05) is 0 Å². The number of nitrogens with one attached hydrogen (secondary N) is 1. The molecule has 0 aliphatic rings. The number of benzene rings is 1. The highest BCUT2D eigenvalue weighted by Crippen LogP contribution is 2.12. The summed E-state index contributed by atoms with van der Waals surface area (Å²) in [5, 5.41) is 0. The number of nitrogen functional groups attached to an aromatic ring is 1. The quantitative estimate of drug-likeness (QED) is 0.530. The number of hydrogen-bond acceptors (Lipinski definition) is 6. The van der Waals surface area contributed by atoms with Gasteiger partial charge in [-0.1, -0.05) is 12.1 Å². The lowest BCUT2D eigenvalue weighted by Crippen LogP contribution is -2.16. The van der Waals surface area contributed by atoms with Crippen molar-refractivity contribution in [2.45, 2.75) is 6.54 Å². The van der Waals surface area contributed by atoms with Crippen molar-refractivity contribution in [2.75, 3.05) is 5.43 Å². The maximum absolute atomic E-state index is 11.8. The van der Waals surface area contributed by atoms with Crippen molar-refractivity contribution in [3.05, 3.63) is 52.9 Å². The van der Waals surface area contributed by atoms with Crippen LogP contribution in [-0.4, -0.2) is 14.5 Å². The first-order valence-corrected chi connectivity index (χ1v) is 5.64. The van der Waals surface area contributed by atoms with Crippen LogP contribution in [0, 0.1) is 0 Å². The van der Waals surface area contributed by atoms with Crippen molar-refractivity contribution in [3.63, 3.8) is 0 Å². The third-order valence-electron chi connectivity index (χ3n) is 2.75. The van der Waals surface area contributed by atoms with E-state index in [4.69, 9.17) is 10.3 Å². The third-order valence-corrected chi connectivity index (χ3v) is 2.75. The third kappa shape index (κ3) is 2.06. The van der Waals surface area contributed by atoms with E-state index in [0.29, 0.717) is 23.6 Å². The Bertz CT molecular complexity index is 760. The van der Waals surface area contributed by atoms with Crippen LogP contribution in [-0.2, 0) is 6.54 Å². The zero-order valence-electron chi connectivity index (χ0n) is 9.91. The topological polar surface area (TPSA) is 99.0 Å². The Hall–Kier alpha value is -2.67. The molecule has 2 heterocycles. The number of nitrogens with two attached hydrogens (primary N) is 1. The lowest BCUT2D eigenvalue weighted by atomic mass is 10.3. The molecule has 96 valence electrons. The number of fused-ring (bicyclic) bond motifs is 1. The summed E-state index contributed by atoms with van der Waals surface area (Å²) in [6.45, 7) is 0.299. The number of hydrogen-bond donors (Lipinski definition) is 2. The van der Waals surface area contributed by atoms with Gasteiger partial charge in [-0.3, -0.25) is 9.55 Å². The Morgan fingerprint density at radius 1 is 1.26 bits per heavy atom. The summed E-state index contributed by atoms with van der Waals surface area (Å²) in [4.78, 5) is 20.0. The van der Waals surface area contributed by atoms with Gasteiger partial charge < -0.3 is 9.84 Å². The van der Waals surface area contributed by atoms with E-state index in [9.17, 15) is 4.79 Å². The smallest absolute Gasteiger partial charge is 0.408 e. The lowest BCUT2D eigenvalue weighted by Gasteiger charge is -2.02. The van der Waals surface area contributed by atoms with Crippen LogP contribution in [0.15, 0.2) is 45.9 Å². The number of nitrogens with zero attached hydrogens (tertiary/aromatic N) is 3. The molecule has 0 fully saturated rings. The number of para-hydroxylation sites is 2. The zero-order valence-corrected chi connectivity index (χ0v) is 9.91. The largest absolute Gasteiger partial charge is 0.420 e. The number of aromatic nitrogens is 3. The Morgan fingerprint density at radius 3 is 2.84 bits per heavy atom. The van der Waals surface area contributed by atoms with E-state index < -0.39 is 5.76 Å². The molecule has 3 rings (SSSR count). The number of anilines is 1. The Labute approximate surface area is 107 Å². The standard InChI is InChI=1S/C12H11N5O2/c13-16-11-6-14-8(5-15-11)7-17-9-3-1-2-4-10(9)19-12(17)18/h1-6H,7,13H2,(H,15,16). The predicted molar refractivity (Wildman–Crippen MR) is 69.4 cm³/mol. The second-order valence-corrected chi connectivity index (χ2v) is 3.96. The van der Waals surface area contributed by atoms with Gasteiger partial charge in [-0.2, -0.15) is 0 Å². The summed E-state index contributed by atoms with van der Waals surface area (Å²) in [7, 11) is 0. The van der Waals surface area contributed by atoms with Gasteiger partial charge >= 0.3 is 5.76 Å². The molecule has 3 N–H and O–H groups in total. The van der Waals surface area contributed by atoms with Crippen LogP contribution in [0.5, 0.6) is 0 Å². The normalized spacial score (nSPS) is 10.8. The fourth-order valence-corrected chi connectivity index (χ4v) is 1.84. The summed E-state index contributed by atoms with van der Waals surface area (Å²) < 4.78 is 6.65. The molecule has 0 atom stereocenters. The van der Waals surface area contributed by atoms with E-state index in [-0.39, 0.29) is 0 Å². The molecule has 0 unspecified atom stereocenters. The predicted octanol–water partition coefficient (Wildman–Crippen LogP) is 0.718. The fraction of sp³-hybridized carbons (Fsp3) is 0.0833. The first-order chi connectivity index (χ1) is 9.28. The van der Waals surface area contributed by atoms with E-state index in [0.717, 1.165) is 5.52 Å². The molecule has 7 nitrogen and oxygen atoms in total. The van der Waals surface area contributed by atoms with Crippen molar-refractivity contribution in [2.24, 2.45) is 5.84 Å². The maximum Gasteiger partial charge on any atom is 0.420 e. The van der Waals surface area contributed by atoms with E-state index >= 15 is 0 Å². The SMILES string of the molecule is NNc1cnc(Cn2c(=O)oc3ccccc32)cn1. The average molecular weight is 257 g/mol. The Morgan fingerprint density at radius 2 is 2.11 bits per heavy atom. The van der Waals surface area contributed by atoms with E-state index in [1.54, 1.807) is 12.3 Å². The van der Waals surface area contributed by atoms with Gasteiger partial charge in [0.25, 0.3) is 0 Å². The monoisotopic (exact) mass is 257 g/mol. The van der Waals surface area contributed by atoms with Crippen molar-refractivity contribution >= 4 is 16.9 Å². The van der Waals surface area contributed by atoms with Gasteiger partial charge in [0.2, 0.25) is 0 Å². The number of oxazole rings is 1. The van der Waals surface area contributed by atoms with Crippen LogP contribution in [0.1, 0.15) is 5.69 Å². The van der Waals surface area contributed by atoms with Crippen LogP contribution in [0.2, 0.25) is 0 Å². The summed E-state index contributed by atoms with van der Waals surface area (Å²) in [5.74, 6) is 5.26. The molecule has 0 aliphatic carbocycles. The molecule has 0 bridgehead atoms. The summed E-state index contributed by atoms with van der Waals surface area (Å²) in [6, 6.07) is 7.24. The van der Waals surface area contributed by atoms with Gasteiger partial charge in [-0.15, -0.1) is 0 Å². The van der Waals surface area contributed by atoms with Crippen molar-refractivity contribution < 1.29 is 4.42 Å². The molecule has 0 saturated heterocycles. The molecule has 3 aromatic rings. The van der Waals surface area contributed by atoms with Crippen molar-refractivity contribution in [1.29, 1.82) is 0 Å². The van der Waals surface area contributed by atoms with Crippen LogP contribution < -0.4 is 17.0 Å². The average Bonchev–Trinajstić information content (AvgIpc) is 2.76. The number of rotatable bonds is 3. The Balaban J connectivity index is 2.00. The van der Waals surface area contributed by atoms with Gasteiger partial charge in [0.15, 0.2) is 11.4 Å². The van der Waals surface area contributed by atoms with Gasteiger partial charge in [-0.25, -0.2) is 15.6 Å². The highest BCUT2D eigenvalue weighted by atomic mass is 16.4. The summed E-state index contributed by atoms with van der Waals surface area (Å²) >= 11 is 0. The van der Waals surface area contributed by atoms with Crippen LogP contribution in [0.25, 0.3) is 11.1 Å². The maximum atomic E-state index is 11.8. The van der Waals surface area contributed by atoms with Crippen molar-refractivity contribution in [1.82, 2.24) is 14.5 Å². The molecule has 0 amide bonds. The first kappa shape index (κ1) is 11.4. The van der Waals surface area contributed by atoms with Gasteiger partial charge in [0.05, 0.1) is 30.1 Å². The zero-order chi connectivity index (χ0) is 13.2. The first-order valence-electron chi connectivity index (χ1n) is 5.64. The van der Waals surface area contributed by atoms with E-state index in [1.807, 2.05) is 18.2 Å². The van der Waals surface area contributed by atoms with E-state index in [1.165, 1.54) is 10.8 Å². The summed E-state index contributed by atoms with van der Waals surface area (Å²) in [5.41, 5.74) is 4.33. The van der Waals surface area contributed by atoms with Gasteiger partial charge in [0.1, 0.15) is 0 Å². The van der Waals surface area contributed by atoms with Crippen LogP contribution in [0.3, 0.4) is 0 Å². The molecule has 7 heteroatoms. The van der Waals surface area contributed by atoms with E-state index in [2.05, 4.69) is 15.4 Å². The highest BCUT2D eigenvalue weighted by Gasteiger charge is 2.09. The van der Waals surface area contributed by atoms with Crippen LogP contribution in [0.4, 0.5) is 5.82 Å². The molecule has 0 radical (unpaired) electrons. The molecule has 2 aromatic heterocycles. The minimum absolute atomic E-state index is 0.299. The molecule has 0 aliphatic heterocycles. The highest BCUT2D eigenvalue weighted by molar-refractivity contribution is 5.72. The second-order valence-electron chi connectivity index (χ2n) is 3.96. The minimum Gasteiger partial charge on any atom is -0.408 e. The Kier molecular flexibility index (Phi) is 2.73. The molecule has 19 heavy (non-hydrogen) atoms. The molecular weight excluding hydrogens is 246 g/mol. The van der Waals surface area contributed by atoms with Gasteiger partial charge in [-0.05, 0) is 12.1 Å². The molecule has 0 spiro atoms. The number of hydrazine groups is 1. The molecular formula is C12H11N5O2. The van der Waals surface area contributed by atoms with Crippen LogP contribution >= 0.6 is 0 Å². The van der Waals surface area contributed by atoms with Crippen molar-refractivity contribution in [3.8, 4) is 0 Å². The summed E-state index contributed by atoms with van der Waals surface area (Å²) in [6.07, 6.45) is 3.06. The second kappa shape index (κ2) is 4.54. The minimum atomic E-state index is -0.413. The lowest BCUT2D eigenvalue weighted by molar-refractivity contribution is 0.516. The molecule has 0 saturated carbocycles.